The molecule has 146 valence electrons. The molecule has 0 aromatic heterocycles. The maximum absolute atomic E-state index is 12.2. The predicted octanol–water partition coefficient (Wildman–Crippen LogP) is 0.928. The van der Waals surface area contributed by atoms with Crippen molar-refractivity contribution in [3.63, 3.8) is 0 Å². The molecule has 1 aliphatic heterocycles. The quantitative estimate of drug-likeness (QED) is 0.502. The number of piperazine rings is 1. The molecule has 1 fully saturated rings. The van der Waals surface area contributed by atoms with Crippen molar-refractivity contribution in [2.45, 2.75) is 25.8 Å². The van der Waals surface area contributed by atoms with Crippen molar-refractivity contribution in [2.75, 3.05) is 39.3 Å². The fourth-order valence-corrected chi connectivity index (χ4v) is 3.11. The van der Waals surface area contributed by atoms with E-state index in [1.165, 1.54) is 0 Å². The highest BCUT2D eigenvalue weighted by atomic mass is 35.5. The molecule has 0 bridgehead atoms. The minimum atomic E-state index is -0.625. The van der Waals surface area contributed by atoms with Crippen LogP contribution in [0.1, 0.15) is 30.0 Å². The number of aryl methyl sites for hydroxylation is 1. The maximum atomic E-state index is 12.2. The van der Waals surface area contributed by atoms with Crippen LogP contribution in [0.15, 0.2) is 24.3 Å². The van der Waals surface area contributed by atoms with E-state index in [9.17, 15) is 9.59 Å². The predicted molar refractivity (Wildman–Crippen MR) is 105 cm³/mol. The standard InChI is InChI=1S/C18H29N5O2.ClH/c1-14-5-2-3-6-15(14)16(22-18(19)25)13-17(24)21-7-4-10-23-11-8-20-9-12-23;/h2-3,5-6,16,20H,4,7-13H2,1H3,(H,21,24)(H3,19,22,25);1H. The van der Waals surface area contributed by atoms with Gasteiger partial charge in [-0.15, -0.1) is 12.4 Å². The van der Waals surface area contributed by atoms with Crippen molar-refractivity contribution in [3.8, 4) is 0 Å². The Bertz CT molecular complexity index is 578. The molecule has 2 rings (SSSR count). The van der Waals surface area contributed by atoms with Gasteiger partial charge in [-0.2, -0.15) is 0 Å². The van der Waals surface area contributed by atoms with Crippen LogP contribution in [0.2, 0.25) is 0 Å². The Balaban J connectivity index is 0.00000338. The zero-order valence-corrected chi connectivity index (χ0v) is 16.1. The van der Waals surface area contributed by atoms with Crippen LogP contribution in [0.5, 0.6) is 0 Å². The number of hydrogen-bond donors (Lipinski definition) is 4. The van der Waals surface area contributed by atoms with Crippen LogP contribution in [0, 0.1) is 6.92 Å². The van der Waals surface area contributed by atoms with Crippen LogP contribution in [0.3, 0.4) is 0 Å². The summed E-state index contributed by atoms with van der Waals surface area (Å²) in [5.41, 5.74) is 7.20. The number of urea groups is 1. The first-order valence-corrected chi connectivity index (χ1v) is 8.87. The van der Waals surface area contributed by atoms with Crippen LogP contribution < -0.4 is 21.7 Å². The van der Waals surface area contributed by atoms with E-state index in [1.54, 1.807) is 0 Å². The lowest BCUT2D eigenvalue weighted by atomic mass is 9.98. The van der Waals surface area contributed by atoms with Gasteiger partial charge in [0.15, 0.2) is 0 Å². The van der Waals surface area contributed by atoms with Crippen molar-refractivity contribution in [2.24, 2.45) is 5.73 Å². The largest absolute Gasteiger partial charge is 0.356 e. The summed E-state index contributed by atoms with van der Waals surface area (Å²) in [6, 6.07) is 6.65. The van der Waals surface area contributed by atoms with Gasteiger partial charge in [-0.3, -0.25) is 4.79 Å². The van der Waals surface area contributed by atoms with Crippen LogP contribution in [0.25, 0.3) is 0 Å². The van der Waals surface area contributed by atoms with Crippen LogP contribution in [-0.4, -0.2) is 56.1 Å². The highest BCUT2D eigenvalue weighted by Gasteiger charge is 2.18. The molecule has 1 atom stereocenters. The number of hydrogen-bond acceptors (Lipinski definition) is 4. The summed E-state index contributed by atoms with van der Waals surface area (Å²) in [7, 11) is 0. The summed E-state index contributed by atoms with van der Waals surface area (Å²) in [4.78, 5) is 25.9. The Morgan fingerprint density at radius 3 is 2.62 bits per heavy atom. The lowest BCUT2D eigenvalue weighted by Crippen LogP contribution is -2.44. The molecule has 1 aromatic carbocycles. The first-order chi connectivity index (χ1) is 12.1. The molecule has 3 amide bonds. The number of carbonyl (C=O) groups excluding carboxylic acids is 2. The van der Waals surface area contributed by atoms with E-state index in [2.05, 4.69) is 20.9 Å². The number of benzene rings is 1. The molecule has 5 N–H and O–H groups in total. The highest BCUT2D eigenvalue weighted by molar-refractivity contribution is 5.85. The second-order valence-corrected chi connectivity index (χ2v) is 6.42. The van der Waals surface area contributed by atoms with Gasteiger partial charge >= 0.3 is 6.03 Å². The molecular formula is C18H30ClN5O2. The van der Waals surface area contributed by atoms with Crippen molar-refractivity contribution < 1.29 is 9.59 Å². The number of primary amides is 1. The third kappa shape index (κ3) is 7.59. The van der Waals surface area contributed by atoms with Crippen molar-refractivity contribution in [1.82, 2.24) is 20.9 Å². The van der Waals surface area contributed by atoms with Gasteiger partial charge in [-0.25, -0.2) is 4.79 Å². The number of amides is 3. The molecule has 1 unspecified atom stereocenters. The summed E-state index contributed by atoms with van der Waals surface area (Å²) in [5, 5.41) is 8.94. The summed E-state index contributed by atoms with van der Waals surface area (Å²) in [6.45, 7) is 7.77. The molecule has 1 heterocycles. The zero-order valence-electron chi connectivity index (χ0n) is 15.3. The van der Waals surface area contributed by atoms with Crippen LogP contribution in [-0.2, 0) is 4.79 Å². The van der Waals surface area contributed by atoms with E-state index in [0.717, 1.165) is 50.3 Å². The SMILES string of the molecule is Cc1ccccc1C(CC(=O)NCCCN1CCNCC1)NC(N)=O.Cl. The molecular weight excluding hydrogens is 354 g/mol. The molecule has 7 nitrogen and oxygen atoms in total. The monoisotopic (exact) mass is 383 g/mol. The number of nitrogens with one attached hydrogen (secondary N) is 3. The molecule has 8 heteroatoms. The van der Waals surface area contributed by atoms with E-state index < -0.39 is 12.1 Å². The average Bonchev–Trinajstić information content (AvgIpc) is 2.59. The number of nitrogens with two attached hydrogens (primary N) is 1. The topological polar surface area (TPSA) is 99.5 Å². The molecule has 0 saturated carbocycles. The second kappa shape index (κ2) is 11.7. The number of halogens is 1. The normalized spacial score (nSPS) is 15.6. The smallest absolute Gasteiger partial charge is 0.312 e. The first kappa shape index (κ1) is 22.2. The Hall–Kier alpha value is -1.83. The van der Waals surface area contributed by atoms with Gasteiger partial charge in [0.2, 0.25) is 5.91 Å². The van der Waals surface area contributed by atoms with E-state index in [4.69, 9.17) is 5.73 Å². The lowest BCUT2D eigenvalue weighted by Gasteiger charge is -2.27. The van der Waals surface area contributed by atoms with E-state index in [0.29, 0.717) is 6.54 Å². The van der Waals surface area contributed by atoms with Gasteiger partial charge in [0.1, 0.15) is 0 Å². The summed E-state index contributed by atoms with van der Waals surface area (Å²) in [6.07, 6.45) is 1.10. The Kier molecular flexibility index (Phi) is 10.0. The maximum Gasteiger partial charge on any atom is 0.312 e. The van der Waals surface area contributed by atoms with Crippen LogP contribution >= 0.6 is 12.4 Å². The van der Waals surface area contributed by atoms with Crippen LogP contribution in [0.4, 0.5) is 4.79 Å². The summed E-state index contributed by atoms with van der Waals surface area (Å²) >= 11 is 0. The fraction of sp³-hybridized carbons (Fsp3) is 0.556. The minimum Gasteiger partial charge on any atom is -0.356 e. The molecule has 26 heavy (non-hydrogen) atoms. The van der Waals surface area contributed by atoms with Gasteiger partial charge in [0.05, 0.1) is 12.5 Å². The fourth-order valence-electron chi connectivity index (χ4n) is 3.11. The molecule has 0 aliphatic carbocycles. The lowest BCUT2D eigenvalue weighted by molar-refractivity contribution is -0.121. The Morgan fingerprint density at radius 2 is 1.96 bits per heavy atom. The van der Waals surface area contributed by atoms with Gasteiger partial charge < -0.3 is 26.6 Å². The number of nitrogens with zero attached hydrogens (tertiary/aromatic N) is 1. The average molecular weight is 384 g/mol. The second-order valence-electron chi connectivity index (χ2n) is 6.42. The molecule has 0 spiro atoms. The molecule has 1 aromatic rings. The van der Waals surface area contributed by atoms with E-state index >= 15 is 0 Å². The van der Waals surface area contributed by atoms with Gasteiger partial charge in [0, 0.05) is 32.7 Å². The highest BCUT2D eigenvalue weighted by Crippen LogP contribution is 2.20. The summed E-state index contributed by atoms with van der Waals surface area (Å²) in [5.74, 6) is -0.0812. The zero-order chi connectivity index (χ0) is 18.1. The van der Waals surface area contributed by atoms with Crippen molar-refractivity contribution >= 4 is 24.3 Å². The van der Waals surface area contributed by atoms with Crippen molar-refractivity contribution in [3.05, 3.63) is 35.4 Å². The minimum absolute atomic E-state index is 0. The Labute approximate surface area is 161 Å². The number of carbonyl (C=O) groups is 2. The molecule has 1 saturated heterocycles. The summed E-state index contributed by atoms with van der Waals surface area (Å²) < 4.78 is 0. The van der Waals surface area contributed by atoms with Gasteiger partial charge in [0.25, 0.3) is 0 Å². The Morgan fingerprint density at radius 1 is 1.27 bits per heavy atom. The third-order valence-corrected chi connectivity index (χ3v) is 4.45. The molecule has 1 aliphatic rings. The van der Waals surface area contributed by atoms with Gasteiger partial charge in [-0.05, 0) is 31.0 Å². The van der Waals surface area contributed by atoms with Crippen molar-refractivity contribution in [1.29, 1.82) is 0 Å². The molecule has 0 radical (unpaired) electrons. The van der Waals surface area contributed by atoms with Gasteiger partial charge in [-0.1, -0.05) is 24.3 Å². The third-order valence-electron chi connectivity index (χ3n) is 4.45. The number of rotatable bonds is 8. The van der Waals surface area contributed by atoms with E-state index in [-0.39, 0.29) is 24.7 Å². The van der Waals surface area contributed by atoms with E-state index in [1.807, 2.05) is 31.2 Å². The first-order valence-electron chi connectivity index (χ1n) is 8.87.